The molecule has 0 saturated carbocycles. The summed E-state index contributed by atoms with van der Waals surface area (Å²) in [6.07, 6.45) is 2.89. The highest BCUT2D eigenvalue weighted by molar-refractivity contribution is 5.85. The minimum absolute atomic E-state index is 0.168. The second-order valence-corrected chi connectivity index (χ2v) is 6.12. The number of hydrogen-bond donors (Lipinski definition) is 2. The molecule has 8 nitrogen and oxygen atoms in total. The first-order valence-corrected chi connectivity index (χ1v) is 7.93. The van der Waals surface area contributed by atoms with Gasteiger partial charge in [0.15, 0.2) is 6.04 Å². The molecule has 2 N–H and O–H groups in total. The minimum Gasteiger partial charge on any atom is -0.479 e. The second kappa shape index (κ2) is 6.10. The Labute approximate surface area is 139 Å². The Morgan fingerprint density at radius 2 is 2.17 bits per heavy atom. The Balaban J connectivity index is 1.76. The van der Waals surface area contributed by atoms with Gasteiger partial charge < -0.3 is 15.0 Å². The van der Waals surface area contributed by atoms with Crippen molar-refractivity contribution in [3.63, 3.8) is 0 Å². The van der Waals surface area contributed by atoms with Crippen molar-refractivity contribution in [3.8, 4) is 0 Å². The van der Waals surface area contributed by atoms with Crippen LogP contribution in [0.3, 0.4) is 0 Å². The molecule has 2 aromatic rings. The van der Waals surface area contributed by atoms with Crippen molar-refractivity contribution in [2.45, 2.75) is 39.2 Å². The number of nitrogens with one attached hydrogen (secondary N) is 1. The van der Waals surface area contributed by atoms with Crippen LogP contribution in [0.4, 0.5) is 0 Å². The summed E-state index contributed by atoms with van der Waals surface area (Å²) in [6, 6.07) is -1.01. The fourth-order valence-electron chi connectivity index (χ4n) is 3.35. The van der Waals surface area contributed by atoms with Crippen LogP contribution in [0.1, 0.15) is 40.8 Å². The molecule has 3 heterocycles. The molecule has 1 aliphatic rings. The maximum absolute atomic E-state index is 12.6. The summed E-state index contributed by atoms with van der Waals surface area (Å²) in [5.74, 6) is -1.22. The molecule has 0 bridgehead atoms. The zero-order chi connectivity index (χ0) is 17.4. The molecule has 0 saturated heterocycles. The van der Waals surface area contributed by atoms with Gasteiger partial charge in [0, 0.05) is 37.8 Å². The van der Waals surface area contributed by atoms with Crippen LogP contribution >= 0.6 is 0 Å². The quantitative estimate of drug-likeness (QED) is 0.866. The molecular formula is C16H21N5O3. The topological polar surface area (TPSA) is 104 Å². The number of aliphatic carboxylic acids is 1. The third kappa shape index (κ3) is 2.68. The van der Waals surface area contributed by atoms with Gasteiger partial charge in [0.1, 0.15) is 0 Å². The van der Waals surface area contributed by atoms with Gasteiger partial charge in [0.05, 0.1) is 17.7 Å². The summed E-state index contributed by atoms with van der Waals surface area (Å²) >= 11 is 0. The van der Waals surface area contributed by atoms with Crippen molar-refractivity contribution in [2.75, 3.05) is 6.54 Å². The predicted octanol–water partition coefficient (Wildman–Crippen LogP) is 0.903. The van der Waals surface area contributed by atoms with Crippen LogP contribution in [-0.4, -0.2) is 48.2 Å². The van der Waals surface area contributed by atoms with Crippen LogP contribution in [0.15, 0.2) is 6.33 Å². The highest BCUT2D eigenvalue weighted by Crippen LogP contribution is 2.28. The average molecular weight is 331 g/mol. The normalized spacial score (nSPS) is 17.0. The first-order valence-electron chi connectivity index (χ1n) is 7.93. The first-order chi connectivity index (χ1) is 11.4. The molecule has 1 aliphatic heterocycles. The van der Waals surface area contributed by atoms with Crippen LogP contribution in [0.25, 0.3) is 0 Å². The fourth-order valence-corrected chi connectivity index (χ4v) is 3.35. The van der Waals surface area contributed by atoms with Crippen LogP contribution in [0, 0.1) is 13.8 Å². The summed E-state index contributed by atoms with van der Waals surface area (Å²) in [5, 5.41) is 13.9. The van der Waals surface area contributed by atoms with Gasteiger partial charge in [-0.05, 0) is 25.8 Å². The lowest BCUT2D eigenvalue weighted by atomic mass is 10.0. The van der Waals surface area contributed by atoms with E-state index in [0.29, 0.717) is 25.1 Å². The van der Waals surface area contributed by atoms with Gasteiger partial charge in [0.25, 0.3) is 0 Å². The molecule has 0 radical (unpaired) electrons. The SMILES string of the molecule is Cc1nn(C)c(C)c1CCC(=O)N1CCc2[nH]cnc2[C@H]1C(=O)O. The number of carboxylic acids is 1. The Morgan fingerprint density at radius 3 is 2.79 bits per heavy atom. The molecular weight excluding hydrogens is 310 g/mol. The Kier molecular flexibility index (Phi) is 4.13. The number of fused-ring (bicyclic) bond motifs is 1. The smallest absolute Gasteiger partial charge is 0.332 e. The maximum Gasteiger partial charge on any atom is 0.332 e. The number of hydrogen-bond acceptors (Lipinski definition) is 4. The van der Waals surface area contributed by atoms with Crippen molar-refractivity contribution in [1.29, 1.82) is 0 Å². The molecule has 0 unspecified atom stereocenters. The van der Waals surface area contributed by atoms with Crippen LogP contribution < -0.4 is 0 Å². The number of aromatic nitrogens is 4. The summed E-state index contributed by atoms with van der Waals surface area (Å²) < 4.78 is 1.80. The number of H-pyrrole nitrogens is 1. The predicted molar refractivity (Wildman–Crippen MR) is 85.4 cm³/mol. The number of aromatic amines is 1. The van der Waals surface area contributed by atoms with E-state index in [4.69, 9.17) is 0 Å². The summed E-state index contributed by atoms with van der Waals surface area (Å²) in [6.45, 7) is 4.27. The average Bonchev–Trinajstić information content (AvgIpc) is 3.09. The Morgan fingerprint density at radius 1 is 1.42 bits per heavy atom. The van der Waals surface area contributed by atoms with Crippen molar-refractivity contribution in [2.24, 2.45) is 7.05 Å². The zero-order valence-corrected chi connectivity index (χ0v) is 14.0. The van der Waals surface area contributed by atoms with E-state index in [2.05, 4.69) is 15.1 Å². The standard InChI is InChI=1S/C16H21N5O3/c1-9-11(10(2)20(3)19-9)4-5-13(22)21-7-6-12-14(18-8-17-12)15(21)16(23)24/h8,15H,4-7H2,1-3H3,(H,17,18)(H,23,24)/t15-/m0/s1. The van der Waals surface area contributed by atoms with Gasteiger partial charge in [-0.3, -0.25) is 9.48 Å². The highest BCUT2D eigenvalue weighted by atomic mass is 16.4. The number of aryl methyl sites for hydroxylation is 2. The molecule has 1 atom stereocenters. The number of rotatable bonds is 4. The number of nitrogens with zero attached hydrogens (tertiary/aromatic N) is 4. The van der Waals surface area contributed by atoms with Gasteiger partial charge in [-0.15, -0.1) is 0 Å². The lowest BCUT2D eigenvalue weighted by Crippen LogP contribution is -2.43. The molecule has 128 valence electrons. The second-order valence-electron chi connectivity index (χ2n) is 6.12. The summed E-state index contributed by atoms with van der Waals surface area (Å²) in [7, 11) is 1.87. The number of carbonyl (C=O) groups excluding carboxylic acids is 1. The number of amides is 1. The summed E-state index contributed by atoms with van der Waals surface area (Å²) in [5.41, 5.74) is 4.23. The zero-order valence-electron chi connectivity index (χ0n) is 14.0. The molecule has 2 aromatic heterocycles. The van der Waals surface area contributed by atoms with E-state index in [0.717, 1.165) is 22.6 Å². The fraction of sp³-hybridized carbons (Fsp3) is 0.500. The van der Waals surface area contributed by atoms with Crippen molar-refractivity contribution in [3.05, 3.63) is 34.7 Å². The minimum atomic E-state index is -1.05. The van der Waals surface area contributed by atoms with Gasteiger partial charge in [-0.25, -0.2) is 9.78 Å². The molecule has 0 spiro atoms. The number of imidazole rings is 1. The lowest BCUT2D eigenvalue weighted by Gasteiger charge is -2.32. The molecule has 8 heteroatoms. The molecule has 3 rings (SSSR count). The molecule has 24 heavy (non-hydrogen) atoms. The largest absolute Gasteiger partial charge is 0.479 e. The highest BCUT2D eigenvalue weighted by Gasteiger charge is 2.37. The van der Waals surface area contributed by atoms with Gasteiger partial charge in [-0.1, -0.05) is 0 Å². The van der Waals surface area contributed by atoms with E-state index >= 15 is 0 Å². The Hall–Kier alpha value is -2.64. The van der Waals surface area contributed by atoms with E-state index in [1.165, 1.54) is 11.2 Å². The number of carboxylic acid groups (broad SMARTS) is 1. The molecule has 1 amide bonds. The van der Waals surface area contributed by atoms with Crippen LogP contribution in [0.5, 0.6) is 0 Å². The van der Waals surface area contributed by atoms with Crippen LogP contribution in [0.2, 0.25) is 0 Å². The van der Waals surface area contributed by atoms with Crippen molar-refractivity contribution >= 4 is 11.9 Å². The third-order valence-corrected chi connectivity index (χ3v) is 4.73. The van der Waals surface area contributed by atoms with E-state index in [9.17, 15) is 14.7 Å². The van der Waals surface area contributed by atoms with E-state index in [1.807, 2.05) is 20.9 Å². The van der Waals surface area contributed by atoms with Gasteiger partial charge in [-0.2, -0.15) is 5.10 Å². The number of carbonyl (C=O) groups is 2. The maximum atomic E-state index is 12.6. The van der Waals surface area contributed by atoms with E-state index in [-0.39, 0.29) is 12.3 Å². The third-order valence-electron chi connectivity index (χ3n) is 4.73. The van der Waals surface area contributed by atoms with Gasteiger partial charge >= 0.3 is 5.97 Å². The van der Waals surface area contributed by atoms with Crippen LogP contribution in [-0.2, 0) is 29.5 Å². The molecule has 0 fully saturated rings. The van der Waals surface area contributed by atoms with Gasteiger partial charge in [0.2, 0.25) is 5.91 Å². The summed E-state index contributed by atoms with van der Waals surface area (Å²) in [4.78, 5) is 32.8. The molecule has 0 aromatic carbocycles. The first kappa shape index (κ1) is 16.2. The monoisotopic (exact) mass is 331 g/mol. The van der Waals surface area contributed by atoms with Crippen molar-refractivity contribution < 1.29 is 14.7 Å². The lowest BCUT2D eigenvalue weighted by molar-refractivity contribution is -0.151. The van der Waals surface area contributed by atoms with Crippen molar-refractivity contribution in [1.82, 2.24) is 24.6 Å². The van der Waals surface area contributed by atoms with E-state index < -0.39 is 12.0 Å². The Bertz CT molecular complexity index is 792. The van der Waals surface area contributed by atoms with E-state index in [1.54, 1.807) is 4.68 Å². The molecule has 0 aliphatic carbocycles.